The van der Waals surface area contributed by atoms with Crippen LogP contribution in [0.2, 0.25) is 0 Å². The van der Waals surface area contributed by atoms with Crippen molar-refractivity contribution in [2.45, 2.75) is 64.5 Å². The molecule has 0 radical (unpaired) electrons. The first kappa shape index (κ1) is 12.4. The summed E-state index contributed by atoms with van der Waals surface area (Å²) >= 11 is 0. The highest BCUT2D eigenvalue weighted by atomic mass is 15.2. The molecule has 1 aliphatic heterocycles. The lowest BCUT2D eigenvalue weighted by atomic mass is 9.91. The molecule has 2 unspecified atom stereocenters. The Balaban J connectivity index is 1.92. The summed E-state index contributed by atoms with van der Waals surface area (Å²) in [6.07, 6.45) is 7.10. The maximum Gasteiger partial charge on any atom is 0.0278 e. The summed E-state index contributed by atoms with van der Waals surface area (Å²) in [6.45, 7) is 10.8. The van der Waals surface area contributed by atoms with Crippen molar-refractivity contribution in [3.63, 3.8) is 0 Å². The molecule has 1 N–H and O–H groups in total. The van der Waals surface area contributed by atoms with E-state index in [1.807, 2.05) is 0 Å². The fourth-order valence-corrected chi connectivity index (χ4v) is 3.41. The topological polar surface area (TPSA) is 15.3 Å². The number of hydrogen-bond donors (Lipinski definition) is 1. The molecule has 1 saturated carbocycles. The molecular weight excluding hydrogens is 196 g/mol. The van der Waals surface area contributed by atoms with Crippen LogP contribution < -0.4 is 5.32 Å². The van der Waals surface area contributed by atoms with E-state index in [0.29, 0.717) is 5.54 Å². The Bertz CT molecular complexity index is 223. The first-order valence-corrected chi connectivity index (χ1v) is 7.14. The summed E-state index contributed by atoms with van der Waals surface area (Å²) in [6, 6.07) is 0.801. The summed E-state index contributed by atoms with van der Waals surface area (Å²) < 4.78 is 0. The van der Waals surface area contributed by atoms with E-state index in [-0.39, 0.29) is 0 Å². The lowest BCUT2D eigenvalue weighted by Gasteiger charge is -2.45. The summed E-state index contributed by atoms with van der Waals surface area (Å²) in [5.41, 5.74) is 0.352. The van der Waals surface area contributed by atoms with E-state index < -0.39 is 0 Å². The highest BCUT2D eigenvalue weighted by molar-refractivity contribution is 4.93. The number of nitrogens with zero attached hydrogens (tertiary/aromatic N) is 1. The van der Waals surface area contributed by atoms with Gasteiger partial charge in [0.2, 0.25) is 0 Å². The zero-order valence-corrected chi connectivity index (χ0v) is 11.3. The van der Waals surface area contributed by atoms with Gasteiger partial charge in [-0.3, -0.25) is 4.90 Å². The van der Waals surface area contributed by atoms with E-state index in [4.69, 9.17) is 0 Å². The van der Waals surface area contributed by atoms with Crippen molar-refractivity contribution in [1.82, 2.24) is 10.2 Å². The molecule has 2 fully saturated rings. The summed E-state index contributed by atoms with van der Waals surface area (Å²) in [7, 11) is 0. The van der Waals surface area contributed by atoms with E-state index in [2.05, 4.69) is 31.0 Å². The van der Waals surface area contributed by atoms with E-state index in [1.54, 1.807) is 0 Å². The minimum Gasteiger partial charge on any atom is -0.309 e. The molecule has 0 amide bonds. The minimum absolute atomic E-state index is 0.352. The molecular formula is C14H28N2. The van der Waals surface area contributed by atoms with E-state index in [9.17, 15) is 0 Å². The van der Waals surface area contributed by atoms with Crippen molar-refractivity contribution in [2.75, 3.05) is 19.6 Å². The van der Waals surface area contributed by atoms with Crippen LogP contribution >= 0.6 is 0 Å². The van der Waals surface area contributed by atoms with Crippen molar-refractivity contribution in [3.8, 4) is 0 Å². The summed E-state index contributed by atoms with van der Waals surface area (Å²) in [5.74, 6) is 0.971. The zero-order valence-electron chi connectivity index (χ0n) is 11.3. The average molecular weight is 224 g/mol. The Labute approximate surface area is 101 Å². The Morgan fingerprint density at radius 3 is 2.69 bits per heavy atom. The van der Waals surface area contributed by atoms with Crippen molar-refractivity contribution in [3.05, 3.63) is 0 Å². The third-order valence-corrected chi connectivity index (χ3v) is 4.94. The first-order valence-electron chi connectivity index (χ1n) is 7.14. The zero-order chi connectivity index (χ0) is 11.6. The lowest BCUT2D eigenvalue weighted by Crippen LogP contribution is -2.60. The molecule has 0 aromatic rings. The van der Waals surface area contributed by atoms with Crippen LogP contribution in [0, 0.1) is 5.92 Å². The van der Waals surface area contributed by atoms with Gasteiger partial charge in [-0.05, 0) is 39.0 Å². The van der Waals surface area contributed by atoms with Crippen LogP contribution in [0.1, 0.15) is 52.9 Å². The van der Waals surface area contributed by atoms with Crippen molar-refractivity contribution in [1.29, 1.82) is 0 Å². The van der Waals surface area contributed by atoms with Crippen molar-refractivity contribution < 1.29 is 0 Å². The standard InChI is InChI=1S/C14H28N2/c1-4-14(3)11-16(10-9-15-14)12(2)13-7-5-6-8-13/h12-13,15H,4-11H2,1-3H3. The number of piperazine rings is 1. The van der Waals surface area contributed by atoms with Crippen LogP contribution in [0.25, 0.3) is 0 Å². The Kier molecular flexibility index (Phi) is 3.91. The van der Waals surface area contributed by atoms with Gasteiger partial charge in [-0.2, -0.15) is 0 Å². The number of rotatable bonds is 3. The molecule has 0 aromatic carbocycles. The van der Waals surface area contributed by atoms with Gasteiger partial charge in [0.15, 0.2) is 0 Å². The predicted octanol–water partition coefficient (Wildman–Crippen LogP) is 2.64. The molecule has 2 nitrogen and oxygen atoms in total. The van der Waals surface area contributed by atoms with E-state index in [0.717, 1.165) is 12.0 Å². The quantitative estimate of drug-likeness (QED) is 0.793. The molecule has 2 heteroatoms. The highest BCUT2D eigenvalue weighted by Gasteiger charge is 2.34. The van der Waals surface area contributed by atoms with Gasteiger partial charge in [-0.1, -0.05) is 19.8 Å². The van der Waals surface area contributed by atoms with Gasteiger partial charge in [0.05, 0.1) is 0 Å². The molecule has 0 bridgehead atoms. The van der Waals surface area contributed by atoms with E-state index in [1.165, 1.54) is 51.7 Å². The third-order valence-electron chi connectivity index (χ3n) is 4.94. The molecule has 0 spiro atoms. The molecule has 2 rings (SSSR count). The van der Waals surface area contributed by atoms with Crippen molar-refractivity contribution in [2.24, 2.45) is 5.92 Å². The second-order valence-electron chi connectivity index (χ2n) is 6.10. The van der Waals surface area contributed by atoms with Gasteiger partial charge in [-0.15, -0.1) is 0 Å². The number of hydrogen-bond acceptors (Lipinski definition) is 2. The third kappa shape index (κ3) is 2.60. The molecule has 94 valence electrons. The summed E-state index contributed by atoms with van der Waals surface area (Å²) in [5, 5.41) is 3.68. The average Bonchev–Trinajstić information content (AvgIpc) is 2.82. The highest BCUT2D eigenvalue weighted by Crippen LogP contribution is 2.31. The molecule has 16 heavy (non-hydrogen) atoms. The fourth-order valence-electron chi connectivity index (χ4n) is 3.41. The van der Waals surface area contributed by atoms with Gasteiger partial charge >= 0.3 is 0 Å². The van der Waals surface area contributed by atoms with Crippen molar-refractivity contribution >= 4 is 0 Å². The van der Waals surface area contributed by atoms with Crippen LogP contribution in [-0.4, -0.2) is 36.1 Å². The van der Waals surface area contributed by atoms with Gasteiger partial charge in [0.1, 0.15) is 0 Å². The molecule has 1 heterocycles. The van der Waals surface area contributed by atoms with Crippen LogP contribution in [0.4, 0.5) is 0 Å². The minimum atomic E-state index is 0.352. The second kappa shape index (κ2) is 5.05. The molecule has 1 aliphatic carbocycles. The SMILES string of the molecule is CCC1(C)CN(C(C)C2CCCC2)CCN1. The lowest BCUT2D eigenvalue weighted by molar-refractivity contribution is 0.0780. The van der Waals surface area contributed by atoms with Gasteiger partial charge in [-0.25, -0.2) is 0 Å². The Morgan fingerprint density at radius 2 is 2.06 bits per heavy atom. The molecule has 0 aromatic heterocycles. The first-order chi connectivity index (χ1) is 7.64. The van der Waals surface area contributed by atoms with E-state index >= 15 is 0 Å². The molecule has 2 aliphatic rings. The Morgan fingerprint density at radius 1 is 1.38 bits per heavy atom. The van der Waals surface area contributed by atoms with Gasteiger partial charge in [0.25, 0.3) is 0 Å². The van der Waals surface area contributed by atoms with Gasteiger partial charge in [0, 0.05) is 31.2 Å². The maximum absolute atomic E-state index is 3.68. The summed E-state index contributed by atoms with van der Waals surface area (Å²) in [4.78, 5) is 2.73. The monoisotopic (exact) mass is 224 g/mol. The van der Waals surface area contributed by atoms with Crippen LogP contribution in [0.5, 0.6) is 0 Å². The molecule has 2 atom stereocenters. The molecule has 1 saturated heterocycles. The fraction of sp³-hybridized carbons (Fsp3) is 1.00. The van der Waals surface area contributed by atoms with Crippen LogP contribution in [0.3, 0.4) is 0 Å². The number of nitrogens with one attached hydrogen (secondary N) is 1. The van der Waals surface area contributed by atoms with Crippen LogP contribution in [-0.2, 0) is 0 Å². The maximum atomic E-state index is 3.68. The normalized spacial score (nSPS) is 35.4. The Hall–Kier alpha value is -0.0800. The largest absolute Gasteiger partial charge is 0.309 e. The van der Waals surface area contributed by atoms with Crippen LogP contribution in [0.15, 0.2) is 0 Å². The smallest absolute Gasteiger partial charge is 0.0278 e. The van der Waals surface area contributed by atoms with Gasteiger partial charge < -0.3 is 5.32 Å². The predicted molar refractivity (Wildman–Crippen MR) is 69.7 cm³/mol. The second-order valence-corrected chi connectivity index (χ2v) is 6.10.